The van der Waals surface area contributed by atoms with Crippen LogP contribution in [0.5, 0.6) is 0 Å². The van der Waals surface area contributed by atoms with Gasteiger partial charge in [-0.2, -0.15) is 0 Å². The Labute approximate surface area is 482 Å². The SMILES string of the molecule is CC(C)CCCCCCn1nncc1CCCC(C)C.CC(C)CCCCCCn1nncc1CCCC(C)C.CC(C)CCCCCc1cn(CCCC(C)C)nn1.CC(C)CCCCCc1cn(CCCC(C)C)nn1. The number of aryl methyl sites for hydroxylation is 8. The molecule has 4 aromatic heterocycles. The van der Waals surface area contributed by atoms with Crippen molar-refractivity contribution >= 4 is 0 Å². The van der Waals surface area contributed by atoms with Gasteiger partial charge in [0.25, 0.3) is 0 Å². The number of nitrogens with zero attached hydrogens (tertiary/aromatic N) is 12. The van der Waals surface area contributed by atoms with Crippen molar-refractivity contribution in [3.05, 3.63) is 47.6 Å². The molecule has 0 bridgehead atoms. The fourth-order valence-electron chi connectivity index (χ4n) is 9.56. The highest BCUT2D eigenvalue weighted by Crippen LogP contribution is 2.16. The molecule has 0 aliphatic carbocycles. The first-order chi connectivity index (χ1) is 37.3. The summed E-state index contributed by atoms with van der Waals surface area (Å²) >= 11 is 0. The van der Waals surface area contributed by atoms with E-state index in [0.717, 1.165) is 111 Å². The van der Waals surface area contributed by atoms with Crippen LogP contribution >= 0.6 is 0 Å². The third-order valence-corrected chi connectivity index (χ3v) is 14.6. The Morgan fingerprint density at radius 3 is 0.885 bits per heavy atom. The van der Waals surface area contributed by atoms with Gasteiger partial charge in [0.1, 0.15) is 0 Å². The predicted octanol–water partition coefficient (Wildman–Crippen LogP) is 18.7. The monoisotopic (exact) mass is 1090 g/mol. The van der Waals surface area contributed by atoms with E-state index in [1.165, 1.54) is 178 Å². The topological polar surface area (TPSA) is 123 Å². The molecule has 4 aromatic rings. The van der Waals surface area contributed by atoms with Crippen molar-refractivity contribution in [2.45, 2.75) is 330 Å². The molecule has 0 aliphatic rings. The van der Waals surface area contributed by atoms with Gasteiger partial charge < -0.3 is 0 Å². The zero-order valence-corrected chi connectivity index (χ0v) is 54.3. The summed E-state index contributed by atoms with van der Waals surface area (Å²) in [5, 5.41) is 33.5. The first kappa shape index (κ1) is 72.6. The van der Waals surface area contributed by atoms with Gasteiger partial charge in [-0.25, -0.2) is 9.36 Å². The van der Waals surface area contributed by atoms with E-state index in [1.54, 1.807) is 0 Å². The standard InChI is InChI=1S/2C17H33N3.2C16H31N3/c2*1-15(2)10-7-5-6-8-13-20-17(14-18-19-20)12-9-11-16(3)4;2*1-14(2)9-6-5-7-11-16-13-19(18-17-16)12-8-10-15(3)4/h2*14-16H,5-13H2,1-4H3;2*13-15H,5-12H2,1-4H3. The Bertz CT molecular complexity index is 1740. The molecular weight excluding hydrogens is 961 g/mol. The van der Waals surface area contributed by atoms with Crippen LogP contribution in [0.25, 0.3) is 0 Å². The second kappa shape index (κ2) is 47.2. The lowest BCUT2D eigenvalue weighted by atomic mass is 10.0. The summed E-state index contributed by atoms with van der Waals surface area (Å²) in [7, 11) is 0. The average Bonchev–Trinajstić information content (AvgIpc) is 4.21. The molecule has 0 N–H and O–H groups in total. The van der Waals surface area contributed by atoms with Gasteiger partial charge in [0, 0.05) is 38.6 Å². The van der Waals surface area contributed by atoms with Crippen LogP contribution in [0.2, 0.25) is 0 Å². The molecule has 0 atom stereocenters. The number of hydrogen-bond acceptors (Lipinski definition) is 8. The maximum atomic E-state index is 4.26. The molecular formula is C66H128N12. The molecule has 78 heavy (non-hydrogen) atoms. The van der Waals surface area contributed by atoms with Crippen molar-refractivity contribution < 1.29 is 0 Å². The Morgan fingerprint density at radius 2 is 0.564 bits per heavy atom. The molecule has 0 saturated heterocycles. The summed E-state index contributed by atoms with van der Waals surface area (Å²) in [6.07, 6.45) is 46.4. The van der Waals surface area contributed by atoms with Crippen LogP contribution in [0.1, 0.15) is 300 Å². The van der Waals surface area contributed by atoms with E-state index in [2.05, 4.69) is 174 Å². The fourth-order valence-corrected chi connectivity index (χ4v) is 9.56. The van der Waals surface area contributed by atoms with Crippen molar-refractivity contribution in [3.8, 4) is 0 Å². The smallest absolute Gasteiger partial charge is 0.0827 e. The molecule has 4 heterocycles. The highest BCUT2D eigenvalue weighted by atomic mass is 15.4. The first-order valence-corrected chi connectivity index (χ1v) is 32.9. The summed E-state index contributed by atoms with van der Waals surface area (Å²) in [5.41, 5.74) is 4.95. The van der Waals surface area contributed by atoms with Gasteiger partial charge in [-0.1, -0.05) is 234 Å². The molecule has 12 nitrogen and oxygen atoms in total. The Hall–Kier alpha value is -3.44. The minimum atomic E-state index is 0.781. The summed E-state index contributed by atoms with van der Waals surface area (Å²) in [6, 6.07) is 0. The van der Waals surface area contributed by atoms with Crippen LogP contribution in [0.3, 0.4) is 0 Å². The zero-order chi connectivity index (χ0) is 57.8. The molecule has 0 unspecified atom stereocenters. The lowest BCUT2D eigenvalue weighted by molar-refractivity contribution is 0.476. The lowest BCUT2D eigenvalue weighted by Crippen LogP contribution is -2.06. The minimum Gasteiger partial charge on any atom is -0.252 e. The molecule has 0 amide bonds. The Balaban J connectivity index is 0.000000520. The predicted molar refractivity (Wildman–Crippen MR) is 334 cm³/mol. The second-order valence-corrected chi connectivity index (χ2v) is 26.7. The minimum absolute atomic E-state index is 0.781. The van der Waals surface area contributed by atoms with Gasteiger partial charge in [0.2, 0.25) is 0 Å². The summed E-state index contributed by atoms with van der Waals surface area (Å²) in [4.78, 5) is 0. The van der Waals surface area contributed by atoms with E-state index in [1.807, 2.05) is 21.8 Å². The van der Waals surface area contributed by atoms with Crippen LogP contribution < -0.4 is 0 Å². The summed E-state index contributed by atoms with van der Waals surface area (Å²) < 4.78 is 8.24. The van der Waals surface area contributed by atoms with Crippen molar-refractivity contribution in [2.24, 2.45) is 47.3 Å². The quantitative estimate of drug-likeness (QED) is 0.0402. The molecule has 0 fully saturated rings. The number of hydrogen-bond donors (Lipinski definition) is 0. The van der Waals surface area contributed by atoms with E-state index >= 15 is 0 Å². The van der Waals surface area contributed by atoms with Gasteiger partial charge in [0.15, 0.2) is 0 Å². The Morgan fingerprint density at radius 1 is 0.282 bits per heavy atom. The van der Waals surface area contributed by atoms with Crippen LogP contribution in [0, 0.1) is 47.3 Å². The molecule has 0 aliphatic heterocycles. The van der Waals surface area contributed by atoms with E-state index in [4.69, 9.17) is 0 Å². The second-order valence-electron chi connectivity index (χ2n) is 26.7. The van der Waals surface area contributed by atoms with E-state index < -0.39 is 0 Å². The highest BCUT2D eigenvalue weighted by molar-refractivity contribution is 4.95. The normalized spacial score (nSPS) is 11.7. The van der Waals surface area contributed by atoms with Gasteiger partial charge in [-0.3, -0.25) is 9.36 Å². The maximum absolute atomic E-state index is 4.26. The maximum Gasteiger partial charge on any atom is 0.0827 e. The van der Waals surface area contributed by atoms with Gasteiger partial charge in [-0.05, 0) is 137 Å². The molecule has 452 valence electrons. The highest BCUT2D eigenvalue weighted by Gasteiger charge is 2.08. The number of rotatable bonds is 42. The summed E-state index contributed by atoms with van der Waals surface area (Å²) in [5.74, 6) is 6.51. The number of unbranched alkanes of at least 4 members (excludes halogenated alkanes) is 10. The third-order valence-electron chi connectivity index (χ3n) is 14.6. The first-order valence-electron chi connectivity index (χ1n) is 32.9. The van der Waals surface area contributed by atoms with Crippen molar-refractivity contribution in [1.29, 1.82) is 0 Å². The van der Waals surface area contributed by atoms with Gasteiger partial charge in [0.05, 0.1) is 35.2 Å². The number of aromatic nitrogens is 12. The molecule has 0 spiro atoms. The van der Waals surface area contributed by atoms with E-state index in [9.17, 15) is 0 Å². The van der Waals surface area contributed by atoms with Crippen LogP contribution in [0.4, 0.5) is 0 Å². The van der Waals surface area contributed by atoms with Crippen LogP contribution in [0.15, 0.2) is 24.8 Å². The van der Waals surface area contributed by atoms with Crippen molar-refractivity contribution in [1.82, 2.24) is 60.0 Å². The Kier molecular flexibility index (Phi) is 43.9. The van der Waals surface area contributed by atoms with E-state index in [-0.39, 0.29) is 0 Å². The molecule has 4 rings (SSSR count). The zero-order valence-electron chi connectivity index (χ0n) is 54.3. The van der Waals surface area contributed by atoms with Crippen LogP contribution in [-0.2, 0) is 51.9 Å². The average molecular weight is 1090 g/mol. The molecule has 0 radical (unpaired) electrons. The third kappa shape index (κ3) is 43.4. The molecule has 12 heteroatoms. The summed E-state index contributed by atoms with van der Waals surface area (Å²) in [6.45, 7) is 40.7. The molecule has 0 saturated carbocycles. The van der Waals surface area contributed by atoms with Gasteiger partial charge in [-0.15, -0.1) is 20.4 Å². The molecule has 0 aromatic carbocycles. The van der Waals surface area contributed by atoms with Crippen LogP contribution in [-0.4, -0.2) is 60.0 Å². The van der Waals surface area contributed by atoms with Crippen molar-refractivity contribution in [3.63, 3.8) is 0 Å². The largest absolute Gasteiger partial charge is 0.252 e. The lowest BCUT2D eigenvalue weighted by Gasteiger charge is -2.08. The van der Waals surface area contributed by atoms with Crippen molar-refractivity contribution in [2.75, 3.05) is 0 Å². The van der Waals surface area contributed by atoms with Gasteiger partial charge >= 0.3 is 0 Å². The fraction of sp³-hybridized carbons (Fsp3) is 0.879. The van der Waals surface area contributed by atoms with E-state index in [0.29, 0.717) is 0 Å².